The Kier molecular flexibility index (Phi) is 7.67. The summed E-state index contributed by atoms with van der Waals surface area (Å²) in [5.74, 6) is -0.186. The van der Waals surface area contributed by atoms with Gasteiger partial charge in [-0.1, -0.05) is 60.3 Å². The summed E-state index contributed by atoms with van der Waals surface area (Å²) >= 11 is 12.9. The van der Waals surface area contributed by atoms with Crippen LogP contribution in [-0.4, -0.2) is 30.5 Å². The van der Waals surface area contributed by atoms with Crippen LogP contribution in [0.3, 0.4) is 0 Å². The molecule has 166 valence electrons. The van der Waals surface area contributed by atoms with Gasteiger partial charge in [-0.25, -0.2) is 0 Å². The van der Waals surface area contributed by atoms with E-state index in [0.717, 1.165) is 24.8 Å². The van der Waals surface area contributed by atoms with Gasteiger partial charge in [-0.05, 0) is 49.9 Å². The van der Waals surface area contributed by atoms with Crippen molar-refractivity contribution in [3.8, 4) is 6.07 Å². The summed E-state index contributed by atoms with van der Waals surface area (Å²) < 4.78 is 34.1. The number of benzene rings is 2. The first kappa shape index (κ1) is 24.0. The zero-order valence-electron chi connectivity index (χ0n) is 17.6. The Morgan fingerprint density at radius 1 is 1.23 bits per heavy atom. The monoisotopic (exact) mass is 480 g/mol. The van der Waals surface area contributed by atoms with Crippen molar-refractivity contribution in [3.05, 3.63) is 63.1 Å². The zero-order valence-corrected chi connectivity index (χ0v) is 19.9. The van der Waals surface area contributed by atoms with E-state index in [1.807, 2.05) is 19.9 Å². The second-order valence-electron chi connectivity index (χ2n) is 8.00. The summed E-state index contributed by atoms with van der Waals surface area (Å²) in [4.78, 5) is 2.03. The summed E-state index contributed by atoms with van der Waals surface area (Å²) in [7, 11) is -4.38. The Morgan fingerprint density at radius 3 is 2.48 bits per heavy atom. The minimum atomic E-state index is -4.38. The number of halogens is 2. The molecule has 0 aromatic heterocycles. The van der Waals surface area contributed by atoms with Crippen LogP contribution in [0, 0.1) is 18.3 Å². The van der Waals surface area contributed by atoms with Crippen molar-refractivity contribution in [2.75, 3.05) is 6.54 Å². The molecule has 0 aliphatic carbocycles. The zero-order chi connectivity index (χ0) is 22.8. The van der Waals surface area contributed by atoms with Gasteiger partial charge in [0, 0.05) is 34.1 Å². The number of hydrogen-bond acceptors (Lipinski definition) is 4. The molecule has 0 radical (unpaired) electrons. The summed E-state index contributed by atoms with van der Waals surface area (Å²) in [6.45, 7) is 4.57. The quantitative estimate of drug-likeness (QED) is 0.500. The van der Waals surface area contributed by atoms with Crippen molar-refractivity contribution < 1.29 is 13.0 Å². The van der Waals surface area contributed by atoms with Crippen molar-refractivity contribution in [3.63, 3.8) is 0 Å². The molecule has 0 saturated carbocycles. The van der Waals surface area contributed by atoms with E-state index in [1.165, 1.54) is 6.07 Å². The molecule has 1 aliphatic heterocycles. The summed E-state index contributed by atoms with van der Waals surface area (Å²) in [5.41, 5.74) is 2.08. The van der Waals surface area contributed by atoms with Gasteiger partial charge in [-0.2, -0.15) is 13.7 Å². The van der Waals surface area contributed by atoms with Gasteiger partial charge in [0.25, 0.3) is 10.1 Å². The molecule has 0 spiro atoms. The maximum absolute atomic E-state index is 12.1. The highest BCUT2D eigenvalue weighted by Gasteiger charge is 2.38. The molecule has 0 bridgehead atoms. The average Bonchev–Trinajstić information content (AvgIpc) is 2.71. The Bertz CT molecular complexity index is 1080. The number of likely N-dealkylation sites (tertiary alicyclic amines) is 1. The molecule has 1 aliphatic rings. The minimum absolute atomic E-state index is 0.0697. The lowest BCUT2D eigenvalue weighted by Gasteiger charge is -2.43. The van der Waals surface area contributed by atoms with E-state index in [-0.39, 0.29) is 16.9 Å². The number of nitrogens with zero attached hydrogens (tertiary/aromatic N) is 2. The molecule has 5 nitrogen and oxygen atoms in total. The van der Waals surface area contributed by atoms with Crippen LogP contribution in [0.1, 0.15) is 61.3 Å². The first-order valence-corrected chi connectivity index (χ1v) is 12.6. The first-order chi connectivity index (χ1) is 14.7. The van der Waals surface area contributed by atoms with E-state index >= 15 is 0 Å². The molecular formula is C23H26Cl2N2O3S. The standard InChI is InChI=1S/C23H26Cl2N2O3S/c1-3-16(17-13-15(2)10-11-22(17)31(28,29)30)20-9-4-5-12-27(20)21(14-26)23-18(24)7-6-8-19(23)25/h6-8,10-11,13,16,20-21H,3-5,9,12H2,1-2H3,(H,28,29,30). The van der Waals surface area contributed by atoms with E-state index in [1.54, 1.807) is 24.3 Å². The van der Waals surface area contributed by atoms with Crippen LogP contribution in [0.4, 0.5) is 0 Å². The van der Waals surface area contributed by atoms with Gasteiger partial charge in [0.05, 0.1) is 11.0 Å². The fourth-order valence-electron chi connectivity index (χ4n) is 4.70. The van der Waals surface area contributed by atoms with Crippen LogP contribution < -0.4 is 0 Å². The average molecular weight is 481 g/mol. The Hall–Kier alpha value is -1.62. The molecule has 0 amide bonds. The summed E-state index contributed by atoms with van der Waals surface area (Å²) in [5, 5.41) is 11.0. The number of rotatable bonds is 6. The van der Waals surface area contributed by atoms with Crippen LogP contribution in [0.15, 0.2) is 41.3 Å². The number of nitriles is 1. The molecule has 1 fully saturated rings. The minimum Gasteiger partial charge on any atom is -0.282 e. The lowest BCUT2D eigenvalue weighted by Crippen LogP contribution is -2.45. The molecule has 1 saturated heterocycles. The van der Waals surface area contributed by atoms with Crippen LogP contribution in [0.2, 0.25) is 10.0 Å². The molecule has 1 N–H and O–H groups in total. The van der Waals surface area contributed by atoms with Gasteiger partial charge < -0.3 is 0 Å². The molecule has 1 heterocycles. The third-order valence-electron chi connectivity index (χ3n) is 6.07. The van der Waals surface area contributed by atoms with Gasteiger partial charge in [-0.3, -0.25) is 9.45 Å². The van der Waals surface area contributed by atoms with E-state index in [9.17, 15) is 18.2 Å². The van der Waals surface area contributed by atoms with Crippen molar-refractivity contribution in [1.82, 2.24) is 4.90 Å². The molecule has 3 unspecified atom stereocenters. The van der Waals surface area contributed by atoms with Gasteiger partial charge in [0.15, 0.2) is 0 Å². The highest BCUT2D eigenvalue weighted by atomic mass is 35.5. The van der Waals surface area contributed by atoms with E-state index < -0.39 is 16.2 Å². The van der Waals surface area contributed by atoms with Gasteiger partial charge >= 0.3 is 0 Å². The fraction of sp³-hybridized carbons (Fsp3) is 0.435. The first-order valence-electron chi connectivity index (χ1n) is 10.4. The van der Waals surface area contributed by atoms with Crippen molar-refractivity contribution >= 4 is 33.3 Å². The molecule has 2 aromatic carbocycles. The second kappa shape index (κ2) is 9.89. The van der Waals surface area contributed by atoms with E-state index in [2.05, 4.69) is 11.0 Å². The number of aryl methyl sites for hydroxylation is 1. The Labute approximate surface area is 194 Å². The SMILES string of the molecule is CCC(c1cc(C)ccc1S(=O)(=O)O)C1CCCCN1C(C#N)c1c(Cl)cccc1Cl. The largest absolute Gasteiger partial charge is 0.294 e. The molecule has 3 rings (SSSR count). The van der Waals surface area contributed by atoms with Crippen molar-refractivity contribution in [2.45, 2.75) is 62.4 Å². The smallest absolute Gasteiger partial charge is 0.282 e. The Morgan fingerprint density at radius 2 is 1.90 bits per heavy atom. The van der Waals surface area contributed by atoms with Crippen LogP contribution in [-0.2, 0) is 10.1 Å². The maximum atomic E-state index is 12.1. The molecule has 2 aromatic rings. The lowest BCUT2D eigenvalue weighted by molar-refractivity contribution is 0.0971. The predicted molar refractivity (Wildman–Crippen MR) is 123 cm³/mol. The lowest BCUT2D eigenvalue weighted by atomic mass is 9.81. The molecular weight excluding hydrogens is 455 g/mol. The maximum Gasteiger partial charge on any atom is 0.294 e. The molecule has 3 atom stereocenters. The van der Waals surface area contributed by atoms with Crippen LogP contribution in [0.25, 0.3) is 0 Å². The predicted octanol–water partition coefficient (Wildman–Crippen LogP) is 6.16. The summed E-state index contributed by atoms with van der Waals surface area (Å²) in [6, 6.07) is 11.8. The van der Waals surface area contributed by atoms with Crippen molar-refractivity contribution in [2.24, 2.45) is 0 Å². The fourth-order valence-corrected chi connectivity index (χ4v) is 6.05. The third-order valence-corrected chi connectivity index (χ3v) is 7.65. The van der Waals surface area contributed by atoms with Gasteiger partial charge in [0.2, 0.25) is 0 Å². The highest BCUT2D eigenvalue weighted by Crippen LogP contribution is 2.42. The second-order valence-corrected chi connectivity index (χ2v) is 10.2. The number of hydrogen-bond donors (Lipinski definition) is 1. The van der Waals surface area contributed by atoms with Crippen LogP contribution >= 0.6 is 23.2 Å². The molecule has 31 heavy (non-hydrogen) atoms. The van der Waals surface area contributed by atoms with E-state index in [0.29, 0.717) is 34.1 Å². The van der Waals surface area contributed by atoms with E-state index in [4.69, 9.17) is 23.2 Å². The van der Waals surface area contributed by atoms with Gasteiger partial charge in [-0.15, -0.1) is 0 Å². The normalized spacial score (nSPS) is 19.5. The van der Waals surface area contributed by atoms with Gasteiger partial charge in [0.1, 0.15) is 6.04 Å². The summed E-state index contributed by atoms with van der Waals surface area (Å²) in [6.07, 6.45) is 3.35. The number of piperidine rings is 1. The van der Waals surface area contributed by atoms with Crippen molar-refractivity contribution in [1.29, 1.82) is 5.26 Å². The van der Waals surface area contributed by atoms with Crippen LogP contribution in [0.5, 0.6) is 0 Å². The third kappa shape index (κ3) is 5.08. The topological polar surface area (TPSA) is 81.4 Å². The highest BCUT2D eigenvalue weighted by molar-refractivity contribution is 7.85. The Balaban J connectivity index is 2.11. The molecule has 8 heteroatoms.